The molecule has 142 valence electrons. The number of nitrogens with zero attached hydrogens (tertiary/aromatic N) is 2. The van der Waals surface area contributed by atoms with Crippen LogP contribution < -0.4 is 4.90 Å². The van der Waals surface area contributed by atoms with Crippen LogP contribution >= 0.6 is 0 Å². The van der Waals surface area contributed by atoms with Crippen LogP contribution in [0.1, 0.15) is 46.1 Å². The molecule has 1 aromatic carbocycles. The molecule has 0 N–H and O–H groups in total. The summed E-state index contributed by atoms with van der Waals surface area (Å²) in [6.45, 7) is 11.8. The molecular weight excluding hydrogens is 328 g/mol. The van der Waals surface area contributed by atoms with E-state index < -0.39 is 5.60 Å². The Labute approximate surface area is 156 Å². The van der Waals surface area contributed by atoms with Gasteiger partial charge in [0, 0.05) is 36.7 Å². The van der Waals surface area contributed by atoms with Crippen molar-refractivity contribution in [3.05, 3.63) is 29.8 Å². The molecule has 1 spiro atoms. The van der Waals surface area contributed by atoms with Crippen LogP contribution in [-0.2, 0) is 9.53 Å². The molecule has 0 aromatic heterocycles. The van der Waals surface area contributed by atoms with Crippen molar-refractivity contribution < 1.29 is 14.3 Å². The average molecular weight is 358 g/mol. The third kappa shape index (κ3) is 3.57. The second-order valence-corrected chi connectivity index (χ2v) is 8.81. The molecule has 0 atom stereocenters. The molecule has 5 heteroatoms. The summed E-state index contributed by atoms with van der Waals surface area (Å²) < 4.78 is 5.42. The van der Waals surface area contributed by atoms with Gasteiger partial charge in [0.05, 0.1) is 0 Å². The Morgan fingerprint density at radius 3 is 2.38 bits per heavy atom. The van der Waals surface area contributed by atoms with Crippen molar-refractivity contribution in [2.45, 2.75) is 53.1 Å². The lowest BCUT2D eigenvalue weighted by Crippen LogP contribution is -2.65. The molecule has 5 nitrogen and oxygen atoms in total. The fourth-order valence-electron chi connectivity index (χ4n) is 4.17. The van der Waals surface area contributed by atoms with Gasteiger partial charge in [-0.1, -0.05) is 18.2 Å². The average Bonchev–Trinajstić information content (AvgIpc) is 2.45. The number of amides is 2. The zero-order valence-corrected chi connectivity index (χ0v) is 16.5. The summed E-state index contributed by atoms with van der Waals surface area (Å²) in [6.07, 6.45) is 1.49. The SMILES string of the molecule is CCN(C(=O)C1CC2(C1)CN(C(=O)OC(C)(C)C)C2)c1ccccc1C. The number of anilines is 1. The molecular formula is C21H30N2O3. The van der Waals surface area contributed by atoms with E-state index >= 15 is 0 Å². The Kier molecular flexibility index (Phi) is 4.76. The molecule has 0 radical (unpaired) electrons. The van der Waals surface area contributed by atoms with E-state index in [1.54, 1.807) is 4.90 Å². The van der Waals surface area contributed by atoms with Gasteiger partial charge < -0.3 is 14.5 Å². The number of rotatable bonds is 3. The molecule has 0 bridgehead atoms. The van der Waals surface area contributed by atoms with Crippen LogP contribution in [0.2, 0.25) is 0 Å². The zero-order valence-electron chi connectivity index (χ0n) is 16.5. The van der Waals surface area contributed by atoms with E-state index in [0.717, 1.165) is 24.1 Å². The molecule has 1 aliphatic heterocycles. The summed E-state index contributed by atoms with van der Waals surface area (Å²) >= 11 is 0. The van der Waals surface area contributed by atoms with E-state index in [-0.39, 0.29) is 23.3 Å². The predicted molar refractivity (Wildman–Crippen MR) is 102 cm³/mol. The van der Waals surface area contributed by atoms with Crippen molar-refractivity contribution in [2.24, 2.45) is 11.3 Å². The van der Waals surface area contributed by atoms with Gasteiger partial charge in [-0.3, -0.25) is 4.79 Å². The van der Waals surface area contributed by atoms with Crippen LogP contribution in [0.4, 0.5) is 10.5 Å². The number of carbonyl (C=O) groups excluding carboxylic acids is 2. The molecule has 1 saturated heterocycles. The Morgan fingerprint density at radius 2 is 1.85 bits per heavy atom. The minimum atomic E-state index is -0.465. The summed E-state index contributed by atoms with van der Waals surface area (Å²) in [6, 6.07) is 8.03. The number of aryl methyl sites for hydroxylation is 1. The summed E-state index contributed by atoms with van der Waals surface area (Å²) in [5.41, 5.74) is 1.79. The van der Waals surface area contributed by atoms with Gasteiger partial charge in [-0.25, -0.2) is 4.79 Å². The zero-order chi connectivity index (χ0) is 19.1. The van der Waals surface area contributed by atoms with Crippen LogP contribution in [0.3, 0.4) is 0 Å². The first-order valence-electron chi connectivity index (χ1n) is 9.49. The fourth-order valence-corrected chi connectivity index (χ4v) is 4.17. The molecule has 2 amide bonds. The topological polar surface area (TPSA) is 49.9 Å². The quantitative estimate of drug-likeness (QED) is 0.821. The van der Waals surface area contributed by atoms with E-state index in [4.69, 9.17) is 4.74 Å². The van der Waals surface area contributed by atoms with Crippen LogP contribution in [0, 0.1) is 18.3 Å². The maximum Gasteiger partial charge on any atom is 0.410 e. The van der Waals surface area contributed by atoms with Gasteiger partial charge in [-0.15, -0.1) is 0 Å². The Balaban J connectivity index is 1.55. The van der Waals surface area contributed by atoms with Crippen molar-refractivity contribution in [3.8, 4) is 0 Å². The van der Waals surface area contributed by atoms with E-state index in [0.29, 0.717) is 19.6 Å². The van der Waals surface area contributed by atoms with Gasteiger partial charge in [-0.2, -0.15) is 0 Å². The molecule has 1 aliphatic carbocycles. The molecule has 3 rings (SSSR count). The van der Waals surface area contributed by atoms with Crippen molar-refractivity contribution in [1.29, 1.82) is 0 Å². The summed E-state index contributed by atoms with van der Waals surface area (Å²) in [5.74, 6) is 0.276. The highest BCUT2D eigenvalue weighted by molar-refractivity contribution is 5.96. The predicted octanol–water partition coefficient (Wildman–Crippen LogP) is 4.00. The van der Waals surface area contributed by atoms with Crippen LogP contribution in [0.15, 0.2) is 24.3 Å². The highest BCUT2D eigenvalue weighted by Crippen LogP contribution is 2.52. The minimum Gasteiger partial charge on any atom is -0.444 e. The van der Waals surface area contributed by atoms with Crippen molar-refractivity contribution in [2.75, 3.05) is 24.5 Å². The van der Waals surface area contributed by atoms with Gasteiger partial charge in [0.15, 0.2) is 0 Å². The van der Waals surface area contributed by atoms with Crippen molar-refractivity contribution in [1.82, 2.24) is 4.90 Å². The lowest BCUT2D eigenvalue weighted by atomic mass is 9.57. The Bertz CT molecular complexity index is 693. The van der Waals surface area contributed by atoms with Gasteiger partial charge in [0.25, 0.3) is 0 Å². The monoisotopic (exact) mass is 358 g/mol. The van der Waals surface area contributed by atoms with Crippen molar-refractivity contribution in [3.63, 3.8) is 0 Å². The van der Waals surface area contributed by atoms with E-state index in [1.165, 1.54) is 0 Å². The lowest BCUT2D eigenvalue weighted by molar-refractivity contribution is -0.140. The second-order valence-electron chi connectivity index (χ2n) is 8.81. The minimum absolute atomic E-state index is 0.0651. The Hall–Kier alpha value is -2.04. The van der Waals surface area contributed by atoms with Gasteiger partial charge in [0.1, 0.15) is 5.60 Å². The highest BCUT2D eigenvalue weighted by Gasteiger charge is 2.56. The number of para-hydroxylation sites is 1. The van der Waals surface area contributed by atoms with E-state index in [9.17, 15) is 9.59 Å². The first kappa shape index (κ1) is 18.7. The number of benzene rings is 1. The van der Waals surface area contributed by atoms with E-state index in [2.05, 4.69) is 0 Å². The van der Waals surface area contributed by atoms with Crippen LogP contribution in [0.25, 0.3) is 0 Å². The summed E-state index contributed by atoms with van der Waals surface area (Å²) in [7, 11) is 0. The molecule has 0 unspecified atom stereocenters. The number of carbonyl (C=O) groups is 2. The van der Waals surface area contributed by atoms with E-state index in [1.807, 2.05) is 63.8 Å². The number of hydrogen-bond acceptors (Lipinski definition) is 3. The summed E-state index contributed by atoms with van der Waals surface area (Å²) in [5, 5.41) is 0. The normalized spacial score (nSPS) is 18.9. The molecule has 2 aliphatic rings. The number of ether oxygens (including phenoxy) is 1. The third-order valence-corrected chi connectivity index (χ3v) is 5.40. The molecule has 1 saturated carbocycles. The number of hydrogen-bond donors (Lipinski definition) is 0. The fraction of sp³-hybridized carbons (Fsp3) is 0.619. The first-order valence-corrected chi connectivity index (χ1v) is 9.49. The first-order chi connectivity index (χ1) is 12.1. The van der Waals surface area contributed by atoms with Crippen molar-refractivity contribution >= 4 is 17.7 Å². The Morgan fingerprint density at radius 1 is 1.23 bits per heavy atom. The van der Waals surface area contributed by atoms with Gasteiger partial charge in [0.2, 0.25) is 5.91 Å². The highest BCUT2D eigenvalue weighted by atomic mass is 16.6. The smallest absolute Gasteiger partial charge is 0.410 e. The van der Waals surface area contributed by atoms with Crippen LogP contribution in [0.5, 0.6) is 0 Å². The molecule has 26 heavy (non-hydrogen) atoms. The van der Waals surface area contributed by atoms with Gasteiger partial charge in [-0.05, 0) is 59.1 Å². The number of likely N-dealkylation sites (tertiary alicyclic amines) is 1. The summed E-state index contributed by atoms with van der Waals surface area (Å²) in [4.78, 5) is 28.7. The largest absolute Gasteiger partial charge is 0.444 e. The van der Waals surface area contributed by atoms with Gasteiger partial charge >= 0.3 is 6.09 Å². The second kappa shape index (κ2) is 6.60. The standard InChI is InChI=1S/C21H30N2O3/c1-6-23(17-10-8-7-9-15(17)2)18(24)16-11-21(12-16)13-22(14-21)19(25)26-20(3,4)5/h7-10,16H,6,11-14H2,1-5H3. The molecule has 1 heterocycles. The van der Waals surface area contributed by atoms with Crippen LogP contribution in [-0.4, -0.2) is 42.1 Å². The molecule has 1 aromatic rings. The lowest BCUT2D eigenvalue weighted by Gasteiger charge is -2.58. The third-order valence-electron chi connectivity index (χ3n) is 5.40. The molecule has 2 fully saturated rings. The maximum absolute atomic E-state index is 13.0. The maximum atomic E-state index is 13.0.